The Balaban J connectivity index is 1.34. The lowest BCUT2D eigenvalue weighted by Crippen LogP contribution is -2.28. The average molecular weight is 337 g/mol. The first-order valence-corrected chi connectivity index (χ1v) is 8.50. The minimum absolute atomic E-state index is 0.173. The summed E-state index contributed by atoms with van der Waals surface area (Å²) in [7, 11) is 0. The van der Waals surface area contributed by atoms with Crippen molar-refractivity contribution in [2.45, 2.75) is 32.2 Å². The highest BCUT2D eigenvalue weighted by molar-refractivity contribution is 5.93. The number of hydrogen-bond acceptors (Lipinski definition) is 5. The summed E-state index contributed by atoms with van der Waals surface area (Å²) < 4.78 is 7.11. The quantitative estimate of drug-likeness (QED) is 0.772. The number of aryl methyl sites for hydroxylation is 1. The lowest BCUT2D eigenvalue weighted by Gasteiger charge is -2.09. The number of amides is 1. The van der Waals surface area contributed by atoms with Crippen LogP contribution in [0.25, 0.3) is 11.1 Å². The number of carbonyl (C=O) groups excluding carboxylic acids is 1. The van der Waals surface area contributed by atoms with Gasteiger partial charge >= 0.3 is 0 Å². The summed E-state index contributed by atoms with van der Waals surface area (Å²) in [5, 5.41) is 11.2. The van der Waals surface area contributed by atoms with Crippen molar-refractivity contribution >= 4 is 5.91 Å². The Kier molecular flexibility index (Phi) is 4.28. The Hall–Kier alpha value is -2.96. The van der Waals surface area contributed by atoms with Gasteiger partial charge in [0.1, 0.15) is 5.76 Å². The van der Waals surface area contributed by atoms with Crippen LogP contribution in [0.1, 0.15) is 34.7 Å². The van der Waals surface area contributed by atoms with Crippen LogP contribution in [-0.2, 0) is 19.4 Å². The van der Waals surface area contributed by atoms with Crippen LogP contribution in [0.15, 0.2) is 41.4 Å². The molecule has 0 radical (unpaired) electrons. The van der Waals surface area contributed by atoms with Crippen LogP contribution in [0.5, 0.6) is 0 Å². The second-order valence-corrected chi connectivity index (χ2v) is 6.12. The van der Waals surface area contributed by atoms with Gasteiger partial charge in [0.2, 0.25) is 0 Å². The molecule has 7 nitrogen and oxygen atoms in total. The molecule has 0 aromatic carbocycles. The molecule has 3 aromatic rings. The molecular formula is C18H19N5O2. The number of carbonyl (C=O) groups is 1. The fraction of sp³-hybridized carbons (Fsp3) is 0.333. The van der Waals surface area contributed by atoms with Crippen LogP contribution in [0, 0.1) is 0 Å². The largest absolute Gasteiger partial charge is 0.360 e. The Morgan fingerprint density at radius 3 is 2.92 bits per heavy atom. The van der Waals surface area contributed by atoms with E-state index in [1.54, 1.807) is 12.4 Å². The van der Waals surface area contributed by atoms with Gasteiger partial charge in [-0.05, 0) is 37.0 Å². The molecule has 1 aliphatic carbocycles. The maximum Gasteiger partial charge on any atom is 0.273 e. The van der Waals surface area contributed by atoms with Crippen LogP contribution in [-0.4, -0.2) is 32.4 Å². The molecule has 25 heavy (non-hydrogen) atoms. The highest BCUT2D eigenvalue weighted by atomic mass is 16.5. The molecule has 0 spiro atoms. The number of aromatic nitrogens is 4. The Morgan fingerprint density at radius 1 is 1.20 bits per heavy atom. The predicted molar refractivity (Wildman–Crippen MR) is 90.9 cm³/mol. The van der Waals surface area contributed by atoms with Crippen LogP contribution in [0.4, 0.5) is 0 Å². The van der Waals surface area contributed by atoms with Crippen molar-refractivity contribution in [2.75, 3.05) is 6.54 Å². The smallest absolute Gasteiger partial charge is 0.273 e. The molecule has 7 heteroatoms. The van der Waals surface area contributed by atoms with Crippen molar-refractivity contribution < 1.29 is 9.32 Å². The molecule has 128 valence electrons. The lowest BCUT2D eigenvalue weighted by atomic mass is 9.96. The molecule has 1 amide bonds. The third kappa shape index (κ3) is 3.31. The number of nitrogens with zero attached hydrogens (tertiary/aromatic N) is 4. The Morgan fingerprint density at radius 2 is 2.04 bits per heavy atom. The van der Waals surface area contributed by atoms with E-state index in [9.17, 15) is 4.79 Å². The van der Waals surface area contributed by atoms with Crippen molar-refractivity contribution in [2.24, 2.45) is 0 Å². The fourth-order valence-electron chi connectivity index (χ4n) is 3.11. The third-order valence-electron chi connectivity index (χ3n) is 4.44. The molecule has 0 aliphatic heterocycles. The van der Waals surface area contributed by atoms with E-state index in [4.69, 9.17) is 4.52 Å². The standard InChI is InChI=1S/C18H19N5O2/c24-18(17-15-3-1-2-4-16(15)25-22-17)20-9-10-23-12-14(11-21-23)13-5-7-19-8-6-13/h5-8,11-12H,1-4,9-10H2,(H,20,24). The second-order valence-electron chi connectivity index (χ2n) is 6.12. The van der Waals surface area contributed by atoms with Crippen LogP contribution in [0.2, 0.25) is 0 Å². The molecule has 1 N–H and O–H groups in total. The summed E-state index contributed by atoms with van der Waals surface area (Å²) in [5.41, 5.74) is 3.51. The molecule has 0 unspecified atom stereocenters. The summed E-state index contributed by atoms with van der Waals surface area (Å²) in [6.45, 7) is 1.08. The van der Waals surface area contributed by atoms with Crippen molar-refractivity contribution in [3.05, 3.63) is 53.9 Å². The highest BCUT2D eigenvalue weighted by Crippen LogP contribution is 2.24. The van der Waals surface area contributed by atoms with E-state index in [-0.39, 0.29) is 5.91 Å². The predicted octanol–water partition coefficient (Wildman–Crippen LogP) is 2.24. The monoisotopic (exact) mass is 337 g/mol. The third-order valence-corrected chi connectivity index (χ3v) is 4.44. The van der Waals surface area contributed by atoms with E-state index in [1.807, 2.05) is 29.2 Å². The molecular weight excluding hydrogens is 318 g/mol. The van der Waals surface area contributed by atoms with Crippen molar-refractivity contribution in [1.29, 1.82) is 0 Å². The van der Waals surface area contributed by atoms with E-state index in [0.29, 0.717) is 18.8 Å². The van der Waals surface area contributed by atoms with Gasteiger partial charge in [0.05, 0.1) is 12.7 Å². The van der Waals surface area contributed by atoms with Crippen molar-refractivity contribution in [3.63, 3.8) is 0 Å². The van der Waals surface area contributed by atoms with Gasteiger partial charge in [0.15, 0.2) is 5.69 Å². The first kappa shape index (κ1) is 15.6. The number of rotatable bonds is 5. The highest BCUT2D eigenvalue weighted by Gasteiger charge is 2.23. The first-order valence-electron chi connectivity index (χ1n) is 8.50. The van der Waals surface area contributed by atoms with Crippen molar-refractivity contribution in [1.82, 2.24) is 25.2 Å². The molecule has 0 bridgehead atoms. The number of pyridine rings is 1. The summed E-state index contributed by atoms with van der Waals surface area (Å²) in [6.07, 6.45) is 11.2. The fourth-order valence-corrected chi connectivity index (χ4v) is 3.11. The summed E-state index contributed by atoms with van der Waals surface area (Å²) in [4.78, 5) is 16.3. The van der Waals surface area contributed by atoms with Gasteiger partial charge in [-0.2, -0.15) is 5.10 Å². The van der Waals surface area contributed by atoms with E-state index in [0.717, 1.165) is 48.1 Å². The van der Waals surface area contributed by atoms with Gasteiger partial charge in [-0.15, -0.1) is 0 Å². The molecule has 0 fully saturated rings. The van der Waals surface area contributed by atoms with Gasteiger partial charge in [-0.1, -0.05) is 5.16 Å². The average Bonchev–Trinajstić information content (AvgIpc) is 3.29. The topological polar surface area (TPSA) is 85.8 Å². The zero-order chi connectivity index (χ0) is 17.1. The summed E-state index contributed by atoms with van der Waals surface area (Å²) in [5.74, 6) is 0.693. The number of hydrogen-bond donors (Lipinski definition) is 1. The zero-order valence-corrected chi connectivity index (χ0v) is 13.8. The van der Waals surface area contributed by atoms with Gasteiger partial charge in [-0.25, -0.2) is 0 Å². The summed E-state index contributed by atoms with van der Waals surface area (Å²) >= 11 is 0. The van der Waals surface area contributed by atoms with E-state index < -0.39 is 0 Å². The molecule has 0 saturated carbocycles. The van der Waals surface area contributed by atoms with Crippen LogP contribution in [0.3, 0.4) is 0 Å². The normalized spacial score (nSPS) is 13.4. The van der Waals surface area contributed by atoms with E-state index in [2.05, 4.69) is 20.6 Å². The number of fused-ring (bicyclic) bond motifs is 1. The number of nitrogens with one attached hydrogen (secondary N) is 1. The van der Waals surface area contributed by atoms with Gasteiger partial charge in [0.25, 0.3) is 5.91 Å². The van der Waals surface area contributed by atoms with Crippen LogP contribution >= 0.6 is 0 Å². The minimum Gasteiger partial charge on any atom is -0.360 e. The van der Waals surface area contributed by atoms with E-state index >= 15 is 0 Å². The molecule has 1 aliphatic rings. The van der Waals surface area contributed by atoms with Gasteiger partial charge in [0, 0.05) is 42.7 Å². The Labute approximate surface area is 145 Å². The SMILES string of the molecule is O=C(NCCn1cc(-c2ccncc2)cn1)c1noc2c1CCCC2. The Bertz CT molecular complexity index is 869. The molecule has 0 atom stereocenters. The van der Waals surface area contributed by atoms with Gasteiger partial charge in [-0.3, -0.25) is 14.5 Å². The van der Waals surface area contributed by atoms with Crippen LogP contribution < -0.4 is 5.32 Å². The second kappa shape index (κ2) is 6.88. The van der Waals surface area contributed by atoms with Gasteiger partial charge < -0.3 is 9.84 Å². The lowest BCUT2D eigenvalue weighted by molar-refractivity contribution is 0.0942. The minimum atomic E-state index is -0.173. The molecule has 3 heterocycles. The first-order chi connectivity index (χ1) is 12.3. The summed E-state index contributed by atoms with van der Waals surface area (Å²) in [6, 6.07) is 3.88. The molecule has 4 rings (SSSR count). The molecule has 0 saturated heterocycles. The zero-order valence-electron chi connectivity index (χ0n) is 13.8. The maximum absolute atomic E-state index is 12.3. The molecule has 3 aromatic heterocycles. The van der Waals surface area contributed by atoms with E-state index in [1.165, 1.54) is 0 Å². The van der Waals surface area contributed by atoms with Crippen molar-refractivity contribution in [3.8, 4) is 11.1 Å². The maximum atomic E-state index is 12.3.